The number of likely N-dealkylation sites (tertiary alicyclic amines) is 1. The molecule has 24 heavy (non-hydrogen) atoms. The highest BCUT2D eigenvalue weighted by molar-refractivity contribution is 5.77. The zero-order valence-electron chi connectivity index (χ0n) is 14.5. The molecule has 2 rings (SSSR count). The summed E-state index contributed by atoms with van der Waals surface area (Å²) in [4.78, 5) is 16.6. The van der Waals surface area contributed by atoms with Crippen molar-refractivity contribution in [1.82, 2.24) is 15.1 Å². The molecule has 0 aromatic carbocycles. The van der Waals surface area contributed by atoms with Crippen molar-refractivity contribution in [2.24, 2.45) is 5.92 Å². The fourth-order valence-electron chi connectivity index (χ4n) is 3.30. The second-order valence-electron chi connectivity index (χ2n) is 7.17. The Labute approximate surface area is 141 Å². The highest BCUT2D eigenvalue weighted by Crippen LogP contribution is 2.29. The Balaban J connectivity index is 1.98. The summed E-state index contributed by atoms with van der Waals surface area (Å²) in [5.41, 5.74) is -0.438. The first-order valence-corrected chi connectivity index (χ1v) is 8.57. The molecule has 0 saturated carbocycles. The van der Waals surface area contributed by atoms with Crippen LogP contribution in [0.3, 0.4) is 0 Å². The summed E-state index contributed by atoms with van der Waals surface area (Å²) < 4.78 is 43.4. The maximum Gasteiger partial charge on any atom is 0.392 e. The van der Waals surface area contributed by atoms with Crippen LogP contribution in [0.25, 0.3) is 0 Å². The summed E-state index contributed by atoms with van der Waals surface area (Å²) in [6, 6.07) is 0. The molecule has 2 saturated heterocycles. The topological polar surface area (TPSA) is 44.8 Å². The van der Waals surface area contributed by atoms with Gasteiger partial charge in [0.15, 0.2) is 0 Å². The van der Waals surface area contributed by atoms with Crippen LogP contribution in [-0.4, -0.2) is 80.4 Å². The van der Waals surface area contributed by atoms with Crippen LogP contribution in [-0.2, 0) is 9.53 Å². The van der Waals surface area contributed by atoms with E-state index in [2.05, 4.69) is 15.1 Å². The van der Waals surface area contributed by atoms with E-state index in [9.17, 15) is 18.0 Å². The quantitative estimate of drug-likeness (QED) is 0.815. The monoisotopic (exact) mass is 351 g/mol. The molecule has 2 aliphatic heterocycles. The fourth-order valence-corrected chi connectivity index (χ4v) is 3.30. The van der Waals surface area contributed by atoms with Gasteiger partial charge < -0.3 is 15.0 Å². The van der Waals surface area contributed by atoms with Crippen molar-refractivity contribution in [2.45, 2.75) is 37.9 Å². The molecule has 1 atom stereocenters. The first-order chi connectivity index (χ1) is 11.2. The molecule has 5 nitrogen and oxygen atoms in total. The lowest BCUT2D eigenvalue weighted by Crippen LogP contribution is -2.61. The van der Waals surface area contributed by atoms with Crippen molar-refractivity contribution < 1.29 is 22.7 Å². The van der Waals surface area contributed by atoms with Crippen LogP contribution in [0, 0.1) is 5.92 Å². The summed E-state index contributed by atoms with van der Waals surface area (Å²) in [7, 11) is 2.02. The Kier molecular flexibility index (Phi) is 6.50. The molecule has 0 aromatic rings. The van der Waals surface area contributed by atoms with E-state index in [1.807, 2.05) is 7.05 Å². The molecule has 1 N–H and O–H groups in total. The van der Waals surface area contributed by atoms with Gasteiger partial charge in [0.1, 0.15) is 0 Å². The van der Waals surface area contributed by atoms with E-state index in [4.69, 9.17) is 4.74 Å². The average molecular weight is 351 g/mol. The highest BCUT2D eigenvalue weighted by atomic mass is 19.4. The van der Waals surface area contributed by atoms with Crippen LogP contribution in [0.4, 0.5) is 13.2 Å². The highest BCUT2D eigenvalue weighted by Gasteiger charge is 2.40. The number of alkyl halides is 3. The van der Waals surface area contributed by atoms with E-state index in [-0.39, 0.29) is 0 Å². The van der Waals surface area contributed by atoms with Gasteiger partial charge in [-0.1, -0.05) is 6.92 Å². The lowest BCUT2D eigenvalue weighted by Gasteiger charge is -2.45. The number of rotatable bonds is 5. The first kappa shape index (κ1) is 19.5. The van der Waals surface area contributed by atoms with Gasteiger partial charge in [-0.25, -0.2) is 0 Å². The molecule has 0 spiro atoms. The number of nitrogens with one attached hydrogen (secondary N) is 1. The van der Waals surface area contributed by atoms with Crippen molar-refractivity contribution in [2.75, 3.05) is 53.0 Å². The standard InChI is InChI=1S/C16H28F3N3O2/c1-13(16(17,18)19)11-14(23)20-15(3-5-21(2)6-4-15)12-22-7-9-24-10-8-22/h13H,3-12H2,1-2H3,(H,20,23). The second-order valence-corrected chi connectivity index (χ2v) is 7.17. The minimum absolute atomic E-state index is 0.438. The van der Waals surface area contributed by atoms with Crippen LogP contribution < -0.4 is 5.32 Å². The minimum atomic E-state index is -4.33. The van der Waals surface area contributed by atoms with Crippen LogP contribution in [0.15, 0.2) is 0 Å². The number of piperidine rings is 1. The third kappa shape index (κ3) is 5.60. The van der Waals surface area contributed by atoms with Crippen molar-refractivity contribution in [1.29, 1.82) is 0 Å². The molecule has 1 amide bonds. The number of halogens is 3. The Hall–Kier alpha value is -0.860. The van der Waals surface area contributed by atoms with Crippen molar-refractivity contribution in [3.05, 3.63) is 0 Å². The van der Waals surface area contributed by atoms with Gasteiger partial charge in [0.25, 0.3) is 0 Å². The zero-order valence-corrected chi connectivity index (χ0v) is 14.5. The van der Waals surface area contributed by atoms with E-state index < -0.39 is 30.0 Å². The summed E-state index contributed by atoms with van der Waals surface area (Å²) in [6.45, 7) is 6.32. The molecular weight excluding hydrogens is 323 g/mol. The number of amides is 1. The SMILES string of the molecule is CC(CC(=O)NC1(CN2CCOCC2)CCN(C)CC1)C(F)(F)F. The van der Waals surface area contributed by atoms with Gasteiger partial charge in [0, 0.05) is 39.1 Å². The third-order valence-electron chi connectivity index (χ3n) is 5.03. The maximum absolute atomic E-state index is 12.7. The van der Waals surface area contributed by atoms with Gasteiger partial charge in [0.05, 0.1) is 24.7 Å². The second kappa shape index (κ2) is 8.01. The van der Waals surface area contributed by atoms with Crippen molar-refractivity contribution >= 4 is 5.91 Å². The van der Waals surface area contributed by atoms with Gasteiger partial charge >= 0.3 is 6.18 Å². The smallest absolute Gasteiger partial charge is 0.379 e. The van der Waals surface area contributed by atoms with Gasteiger partial charge in [0.2, 0.25) is 5.91 Å². The molecule has 0 aliphatic carbocycles. The molecule has 2 fully saturated rings. The van der Waals surface area contributed by atoms with Crippen LogP contribution in [0.5, 0.6) is 0 Å². The van der Waals surface area contributed by atoms with E-state index in [0.29, 0.717) is 19.8 Å². The minimum Gasteiger partial charge on any atom is -0.379 e. The fraction of sp³-hybridized carbons (Fsp3) is 0.938. The lowest BCUT2D eigenvalue weighted by molar-refractivity contribution is -0.174. The summed E-state index contributed by atoms with van der Waals surface area (Å²) >= 11 is 0. The van der Waals surface area contributed by atoms with Gasteiger partial charge in [-0.15, -0.1) is 0 Å². The maximum atomic E-state index is 12.7. The molecule has 2 heterocycles. The van der Waals surface area contributed by atoms with E-state index in [1.54, 1.807) is 0 Å². The molecular formula is C16H28F3N3O2. The molecule has 0 radical (unpaired) electrons. The predicted molar refractivity (Wildman–Crippen MR) is 84.7 cm³/mol. The Morgan fingerprint density at radius 3 is 2.33 bits per heavy atom. The van der Waals surface area contributed by atoms with Gasteiger partial charge in [-0.2, -0.15) is 13.2 Å². The Morgan fingerprint density at radius 1 is 1.21 bits per heavy atom. The Bertz CT molecular complexity index is 417. The van der Waals surface area contributed by atoms with Crippen LogP contribution in [0.1, 0.15) is 26.2 Å². The van der Waals surface area contributed by atoms with E-state index in [1.165, 1.54) is 0 Å². The van der Waals surface area contributed by atoms with Crippen LogP contribution >= 0.6 is 0 Å². The summed E-state index contributed by atoms with van der Waals surface area (Å²) in [5, 5.41) is 2.96. The van der Waals surface area contributed by atoms with Crippen LogP contribution in [0.2, 0.25) is 0 Å². The molecule has 1 unspecified atom stereocenters. The number of carbonyl (C=O) groups excluding carboxylic acids is 1. The van der Waals surface area contributed by atoms with Crippen molar-refractivity contribution in [3.8, 4) is 0 Å². The van der Waals surface area contributed by atoms with E-state index in [0.717, 1.165) is 45.9 Å². The largest absolute Gasteiger partial charge is 0.392 e. The normalized spacial score (nSPS) is 24.5. The average Bonchev–Trinajstić information content (AvgIpc) is 2.50. The molecule has 0 aromatic heterocycles. The third-order valence-corrected chi connectivity index (χ3v) is 5.03. The number of morpholine rings is 1. The number of hydrogen-bond donors (Lipinski definition) is 1. The van der Waals surface area contributed by atoms with Crippen molar-refractivity contribution in [3.63, 3.8) is 0 Å². The molecule has 8 heteroatoms. The lowest BCUT2D eigenvalue weighted by atomic mass is 9.86. The number of carbonyl (C=O) groups is 1. The molecule has 2 aliphatic rings. The van der Waals surface area contributed by atoms with Gasteiger partial charge in [-0.05, 0) is 19.9 Å². The molecule has 0 bridgehead atoms. The first-order valence-electron chi connectivity index (χ1n) is 8.57. The predicted octanol–water partition coefficient (Wildman–Crippen LogP) is 1.49. The number of hydrogen-bond acceptors (Lipinski definition) is 4. The Morgan fingerprint density at radius 2 is 1.79 bits per heavy atom. The number of ether oxygens (including phenoxy) is 1. The van der Waals surface area contributed by atoms with E-state index >= 15 is 0 Å². The summed E-state index contributed by atoms with van der Waals surface area (Å²) in [5.74, 6) is -2.12. The molecule has 140 valence electrons. The summed E-state index contributed by atoms with van der Waals surface area (Å²) in [6.07, 6.45) is -3.33. The zero-order chi connectivity index (χ0) is 17.8. The van der Waals surface area contributed by atoms with Gasteiger partial charge in [-0.3, -0.25) is 9.69 Å². The number of nitrogens with zero attached hydrogens (tertiary/aromatic N) is 2.